The number of hydrogen-bond acceptors (Lipinski definition) is 3. The molecule has 0 atom stereocenters. The lowest BCUT2D eigenvalue weighted by molar-refractivity contribution is 0.240. The molecule has 18 heavy (non-hydrogen) atoms. The maximum Gasteiger partial charge on any atom is 0.0521 e. The van der Waals surface area contributed by atoms with Gasteiger partial charge in [0.2, 0.25) is 0 Å². The monoisotopic (exact) mass is 242 g/mol. The van der Waals surface area contributed by atoms with E-state index in [0.717, 1.165) is 31.7 Å². The quantitative estimate of drug-likeness (QED) is 0.813. The SMILES string of the molecule is Cn1nccc1CN1CCc2cccc(N)c2C1. The minimum atomic E-state index is 0.919. The zero-order valence-corrected chi connectivity index (χ0v) is 10.6. The first kappa shape index (κ1) is 11.3. The molecule has 4 nitrogen and oxygen atoms in total. The fourth-order valence-electron chi connectivity index (χ4n) is 2.58. The minimum absolute atomic E-state index is 0.919. The van der Waals surface area contributed by atoms with E-state index in [2.05, 4.69) is 22.1 Å². The van der Waals surface area contributed by atoms with Gasteiger partial charge < -0.3 is 5.73 Å². The van der Waals surface area contributed by atoms with Crippen LogP contribution >= 0.6 is 0 Å². The first-order valence-electron chi connectivity index (χ1n) is 6.29. The average Bonchev–Trinajstić information content (AvgIpc) is 2.76. The van der Waals surface area contributed by atoms with Crippen LogP contribution in [0.5, 0.6) is 0 Å². The average molecular weight is 242 g/mol. The van der Waals surface area contributed by atoms with Gasteiger partial charge in [-0.25, -0.2) is 0 Å². The van der Waals surface area contributed by atoms with Crippen molar-refractivity contribution in [3.63, 3.8) is 0 Å². The third-order valence-electron chi connectivity index (χ3n) is 3.70. The van der Waals surface area contributed by atoms with Crippen LogP contribution in [0.3, 0.4) is 0 Å². The first-order valence-corrected chi connectivity index (χ1v) is 6.29. The molecule has 1 aromatic carbocycles. The highest BCUT2D eigenvalue weighted by Crippen LogP contribution is 2.25. The number of nitrogen functional groups attached to an aromatic ring is 1. The van der Waals surface area contributed by atoms with Gasteiger partial charge in [0.1, 0.15) is 0 Å². The van der Waals surface area contributed by atoms with Crippen molar-refractivity contribution in [1.29, 1.82) is 0 Å². The van der Waals surface area contributed by atoms with Crippen LogP contribution in [0.25, 0.3) is 0 Å². The smallest absolute Gasteiger partial charge is 0.0521 e. The lowest BCUT2D eigenvalue weighted by atomic mass is 9.98. The zero-order chi connectivity index (χ0) is 12.5. The molecule has 1 aliphatic rings. The Morgan fingerprint density at radius 2 is 2.22 bits per heavy atom. The van der Waals surface area contributed by atoms with Crippen LogP contribution in [-0.4, -0.2) is 21.2 Å². The predicted molar refractivity (Wildman–Crippen MR) is 71.9 cm³/mol. The maximum atomic E-state index is 6.06. The van der Waals surface area contributed by atoms with E-state index >= 15 is 0 Å². The van der Waals surface area contributed by atoms with Gasteiger partial charge in [-0.3, -0.25) is 9.58 Å². The van der Waals surface area contributed by atoms with Crippen molar-refractivity contribution >= 4 is 5.69 Å². The molecule has 0 amide bonds. The molecule has 1 aromatic heterocycles. The van der Waals surface area contributed by atoms with E-state index < -0.39 is 0 Å². The van der Waals surface area contributed by atoms with E-state index in [0.29, 0.717) is 0 Å². The number of anilines is 1. The van der Waals surface area contributed by atoms with Gasteiger partial charge in [0.15, 0.2) is 0 Å². The summed E-state index contributed by atoms with van der Waals surface area (Å²) in [5, 5.41) is 4.21. The number of fused-ring (bicyclic) bond motifs is 1. The third-order valence-corrected chi connectivity index (χ3v) is 3.70. The molecule has 0 radical (unpaired) electrons. The lowest BCUT2D eigenvalue weighted by Gasteiger charge is -2.29. The highest BCUT2D eigenvalue weighted by molar-refractivity contribution is 5.51. The van der Waals surface area contributed by atoms with Crippen molar-refractivity contribution in [3.8, 4) is 0 Å². The van der Waals surface area contributed by atoms with Gasteiger partial charge in [0.05, 0.1) is 5.69 Å². The van der Waals surface area contributed by atoms with Gasteiger partial charge in [0.25, 0.3) is 0 Å². The molecule has 0 bridgehead atoms. The van der Waals surface area contributed by atoms with Gasteiger partial charge in [-0.2, -0.15) is 5.10 Å². The summed E-state index contributed by atoms with van der Waals surface area (Å²) < 4.78 is 1.93. The van der Waals surface area contributed by atoms with E-state index in [9.17, 15) is 0 Å². The minimum Gasteiger partial charge on any atom is -0.398 e. The van der Waals surface area contributed by atoms with Crippen molar-refractivity contribution in [1.82, 2.24) is 14.7 Å². The Morgan fingerprint density at radius 3 is 3.00 bits per heavy atom. The van der Waals surface area contributed by atoms with Crippen LogP contribution in [0.1, 0.15) is 16.8 Å². The van der Waals surface area contributed by atoms with E-state index in [1.807, 2.05) is 30.1 Å². The second kappa shape index (κ2) is 4.46. The highest BCUT2D eigenvalue weighted by atomic mass is 15.3. The summed E-state index contributed by atoms with van der Waals surface area (Å²) in [6.45, 7) is 2.96. The van der Waals surface area contributed by atoms with Crippen LogP contribution in [0.2, 0.25) is 0 Å². The molecule has 0 fully saturated rings. The summed E-state index contributed by atoms with van der Waals surface area (Å²) in [4.78, 5) is 2.43. The highest BCUT2D eigenvalue weighted by Gasteiger charge is 2.18. The summed E-state index contributed by atoms with van der Waals surface area (Å²) in [7, 11) is 1.99. The van der Waals surface area contributed by atoms with Crippen LogP contribution < -0.4 is 5.73 Å². The number of hydrogen-bond donors (Lipinski definition) is 1. The molecule has 4 heteroatoms. The summed E-state index contributed by atoms with van der Waals surface area (Å²) in [6, 6.07) is 8.30. The fraction of sp³-hybridized carbons (Fsp3) is 0.357. The second-order valence-corrected chi connectivity index (χ2v) is 4.89. The second-order valence-electron chi connectivity index (χ2n) is 4.89. The summed E-state index contributed by atoms with van der Waals surface area (Å²) >= 11 is 0. The number of nitrogens with two attached hydrogens (primary N) is 1. The molecule has 0 unspecified atom stereocenters. The molecule has 2 aromatic rings. The molecule has 0 saturated carbocycles. The summed E-state index contributed by atoms with van der Waals surface area (Å²) in [5.74, 6) is 0. The third kappa shape index (κ3) is 1.99. The summed E-state index contributed by atoms with van der Waals surface area (Å²) in [6.07, 6.45) is 2.93. The Kier molecular flexibility index (Phi) is 2.80. The number of rotatable bonds is 2. The van der Waals surface area contributed by atoms with Crippen LogP contribution in [0.4, 0.5) is 5.69 Å². The van der Waals surface area contributed by atoms with Gasteiger partial charge in [-0.15, -0.1) is 0 Å². The molecule has 2 N–H and O–H groups in total. The Bertz CT molecular complexity index is 559. The van der Waals surface area contributed by atoms with Gasteiger partial charge in [0, 0.05) is 38.6 Å². The maximum absolute atomic E-state index is 6.06. The molecular formula is C14H18N4. The zero-order valence-electron chi connectivity index (χ0n) is 10.6. The molecule has 0 saturated heterocycles. The van der Waals surface area contributed by atoms with Crippen molar-refractivity contribution < 1.29 is 0 Å². The first-order chi connectivity index (χ1) is 8.74. The standard InChI is InChI=1S/C14H18N4/c1-17-12(5-7-16-17)9-18-8-6-11-3-2-4-14(15)13(11)10-18/h2-5,7H,6,8-10,15H2,1H3. The normalized spacial score (nSPS) is 15.6. The van der Waals surface area contributed by atoms with Crippen LogP contribution in [0, 0.1) is 0 Å². The van der Waals surface area contributed by atoms with E-state index in [1.54, 1.807) is 0 Å². The fourth-order valence-corrected chi connectivity index (χ4v) is 2.58. The Morgan fingerprint density at radius 1 is 1.33 bits per heavy atom. The van der Waals surface area contributed by atoms with Crippen LogP contribution in [0.15, 0.2) is 30.5 Å². The molecule has 0 spiro atoms. The number of benzene rings is 1. The van der Waals surface area contributed by atoms with Gasteiger partial charge in [-0.05, 0) is 29.7 Å². The van der Waals surface area contributed by atoms with Crippen molar-refractivity contribution in [2.75, 3.05) is 12.3 Å². The Balaban J connectivity index is 1.79. The van der Waals surface area contributed by atoms with Gasteiger partial charge >= 0.3 is 0 Å². The van der Waals surface area contributed by atoms with Crippen LogP contribution in [-0.2, 0) is 26.6 Å². The molecule has 1 aliphatic heterocycles. The largest absolute Gasteiger partial charge is 0.398 e. The Labute approximate surface area is 107 Å². The van der Waals surface area contributed by atoms with E-state index in [-0.39, 0.29) is 0 Å². The number of aromatic nitrogens is 2. The molecule has 2 heterocycles. The van der Waals surface area contributed by atoms with Gasteiger partial charge in [-0.1, -0.05) is 12.1 Å². The summed E-state index contributed by atoms with van der Waals surface area (Å²) in [5.41, 5.74) is 10.9. The number of nitrogens with zero attached hydrogens (tertiary/aromatic N) is 3. The van der Waals surface area contributed by atoms with E-state index in [1.165, 1.54) is 16.8 Å². The lowest BCUT2D eigenvalue weighted by Crippen LogP contribution is -2.31. The number of aryl methyl sites for hydroxylation is 1. The molecule has 94 valence electrons. The predicted octanol–water partition coefficient (Wildman–Crippen LogP) is 1.56. The van der Waals surface area contributed by atoms with Crippen molar-refractivity contribution in [2.45, 2.75) is 19.5 Å². The van der Waals surface area contributed by atoms with E-state index in [4.69, 9.17) is 5.73 Å². The molecule has 0 aliphatic carbocycles. The van der Waals surface area contributed by atoms with Crippen molar-refractivity contribution in [3.05, 3.63) is 47.3 Å². The molecule has 3 rings (SSSR count). The van der Waals surface area contributed by atoms with Crippen molar-refractivity contribution in [2.24, 2.45) is 7.05 Å². The topological polar surface area (TPSA) is 47.1 Å². The Hall–Kier alpha value is -1.81. The molecular weight excluding hydrogens is 224 g/mol.